The van der Waals surface area contributed by atoms with Crippen molar-refractivity contribution in [2.45, 2.75) is 6.92 Å². The van der Waals surface area contributed by atoms with Crippen LogP contribution in [-0.2, 0) is 0 Å². The lowest BCUT2D eigenvalue weighted by atomic mass is 10.2. The van der Waals surface area contributed by atoms with Crippen molar-refractivity contribution >= 4 is 12.0 Å². The molecule has 0 bridgehead atoms. The second-order valence-electron chi connectivity index (χ2n) is 3.68. The summed E-state index contributed by atoms with van der Waals surface area (Å²) in [7, 11) is 0. The van der Waals surface area contributed by atoms with Crippen molar-refractivity contribution in [2.24, 2.45) is 4.99 Å². The number of aryl methyl sites for hydroxylation is 1. The van der Waals surface area contributed by atoms with Crippen LogP contribution in [0, 0.1) is 18.3 Å². The number of hydrogen-bond acceptors (Lipinski definition) is 3. The first-order valence-corrected chi connectivity index (χ1v) is 5.25. The van der Waals surface area contributed by atoms with Crippen molar-refractivity contribution in [1.29, 1.82) is 5.26 Å². The first-order valence-electron chi connectivity index (χ1n) is 5.25. The Morgan fingerprint density at radius 1 is 1.24 bits per heavy atom. The standard InChI is InChI=1S/C14H11N3/c1-11-6-7-16-14(8-11)17-10-13-4-2-12(9-15)3-5-13/h2-8,10H,1H3. The third kappa shape index (κ3) is 2.99. The summed E-state index contributed by atoms with van der Waals surface area (Å²) < 4.78 is 0. The summed E-state index contributed by atoms with van der Waals surface area (Å²) in [5.41, 5.74) is 2.73. The number of nitrogens with zero attached hydrogens (tertiary/aromatic N) is 3. The van der Waals surface area contributed by atoms with Gasteiger partial charge in [-0.05, 0) is 42.3 Å². The first kappa shape index (κ1) is 11.0. The van der Waals surface area contributed by atoms with Gasteiger partial charge in [0.1, 0.15) is 0 Å². The van der Waals surface area contributed by atoms with Crippen molar-refractivity contribution < 1.29 is 0 Å². The normalized spacial score (nSPS) is 10.4. The third-order valence-corrected chi connectivity index (χ3v) is 2.29. The Kier molecular flexibility index (Phi) is 3.27. The van der Waals surface area contributed by atoms with E-state index in [-0.39, 0.29) is 0 Å². The highest BCUT2D eigenvalue weighted by Gasteiger charge is 1.92. The lowest BCUT2D eigenvalue weighted by Crippen LogP contribution is -1.82. The molecule has 0 fully saturated rings. The van der Waals surface area contributed by atoms with Crippen LogP contribution in [0.5, 0.6) is 0 Å². The molecular formula is C14H11N3. The maximum atomic E-state index is 8.67. The summed E-state index contributed by atoms with van der Waals surface area (Å²) in [4.78, 5) is 8.41. The fraction of sp³-hybridized carbons (Fsp3) is 0.0714. The van der Waals surface area contributed by atoms with Gasteiger partial charge < -0.3 is 0 Å². The molecule has 0 unspecified atom stereocenters. The van der Waals surface area contributed by atoms with Crippen LogP contribution in [0.15, 0.2) is 47.6 Å². The molecule has 0 aliphatic heterocycles. The monoisotopic (exact) mass is 221 g/mol. The number of hydrogen-bond donors (Lipinski definition) is 0. The van der Waals surface area contributed by atoms with Gasteiger partial charge in [0.25, 0.3) is 0 Å². The Bertz CT molecular complexity index is 577. The number of aromatic nitrogens is 1. The molecule has 0 spiro atoms. The lowest BCUT2D eigenvalue weighted by molar-refractivity contribution is 1.25. The quantitative estimate of drug-likeness (QED) is 0.732. The first-order chi connectivity index (χ1) is 8.28. The molecule has 0 amide bonds. The van der Waals surface area contributed by atoms with E-state index in [0.717, 1.165) is 11.1 Å². The highest BCUT2D eigenvalue weighted by atomic mass is 14.9. The number of nitriles is 1. The number of rotatable bonds is 2. The van der Waals surface area contributed by atoms with Gasteiger partial charge in [-0.15, -0.1) is 0 Å². The Morgan fingerprint density at radius 2 is 2.00 bits per heavy atom. The van der Waals surface area contributed by atoms with E-state index < -0.39 is 0 Å². The van der Waals surface area contributed by atoms with E-state index >= 15 is 0 Å². The van der Waals surface area contributed by atoms with Crippen LogP contribution < -0.4 is 0 Å². The Hall–Kier alpha value is -2.47. The van der Waals surface area contributed by atoms with Gasteiger partial charge >= 0.3 is 0 Å². The lowest BCUT2D eigenvalue weighted by Gasteiger charge is -1.95. The second-order valence-corrected chi connectivity index (χ2v) is 3.68. The average Bonchev–Trinajstić information content (AvgIpc) is 2.37. The number of aliphatic imine (C=N–C) groups is 1. The van der Waals surface area contributed by atoms with E-state index in [4.69, 9.17) is 5.26 Å². The van der Waals surface area contributed by atoms with Crippen molar-refractivity contribution in [1.82, 2.24) is 4.98 Å². The topological polar surface area (TPSA) is 49.0 Å². The Balaban J connectivity index is 2.17. The zero-order valence-electron chi connectivity index (χ0n) is 9.46. The van der Waals surface area contributed by atoms with E-state index in [9.17, 15) is 0 Å². The summed E-state index contributed by atoms with van der Waals surface area (Å²) in [5, 5.41) is 8.67. The van der Waals surface area contributed by atoms with Gasteiger partial charge in [-0.3, -0.25) is 0 Å². The van der Waals surface area contributed by atoms with Gasteiger partial charge in [0.05, 0.1) is 11.6 Å². The fourth-order valence-corrected chi connectivity index (χ4v) is 1.38. The van der Waals surface area contributed by atoms with Gasteiger partial charge in [0.2, 0.25) is 0 Å². The van der Waals surface area contributed by atoms with E-state index in [1.54, 1.807) is 24.5 Å². The van der Waals surface area contributed by atoms with Crippen molar-refractivity contribution in [3.8, 4) is 6.07 Å². The molecule has 82 valence electrons. The molecule has 3 heteroatoms. The van der Waals surface area contributed by atoms with Crippen LogP contribution in [0.3, 0.4) is 0 Å². The van der Waals surface area contributed by atoms with E-state index in [1.165, 1.54) is 0 Å². The van der Waals surface area contributed by atoms with Crippen LogP contribution in [-0.4, -0.2) is 11.2 Å². The summed E-state index contributed by atoms with van der Waals surface area (Å²) in [5.74, 6) is 0.689. The van der Waals surface area contributed by atoms with Gasteiger partial charge in [0, 0.05) is 12.4 Å². The summed E-state index contributed by atoms with van der Waals surface area (Å²) in [6.45, 7) is 2.00. The molecule has 2 rings (SSSR count). The molecule has 3 nitrogen and oxygen atoms in total. The number of pyridine rings is 1. The molecular weight excluding hydrogens is 210 g/mol. The fourth-order valence-electron chi connectivity index (χ4n) is 1.38. The van der Waals surface area contributed by atoms with Crippen LogP contribution in [0.4, 0.5) is 5.82 Å². The van der Waals surface area contributed by atoms with E-state index in [2.05, 4.69) is 16.0 Å². The minimum Gasteiger partial charge on any atom is -0.237 e. The zero-order chi connectivity index (χ0) is 12.1. The third-order valence-electron chi connectivity index (χ3n) is 2.29. The second kappa shape index (κ2) is 5.04. The largest absolute Gasteiger partial charge is 0.237 e. The minimum atomic E-state index is 0.649. The Morgan fingerprint density at radius 3 is 2.65 bits per heavy atom. The van der Waals surface area contributed by atoms with Crippen molar-refractivity contribution in [3.05, 3.63) is 59.3 Å². The zero-order valence-corrected chi connectivity index (χ0v) is 9.46. The van der Waals surface area contributed by atoms with E-state index in [1.807, 2.05) is 31.2 Å². The molecule has 0 radical (unpaired) electrons. The van der Waals surface area contributed by atoms with Crippen molar-refractivity contribution in [2.75, 3.05) is 0 Å². The molecule has 0 N–H and O–H groups in total. The van der Waals surface area contributed by atoms with Crippen molar-refractivity contribution in [3.63, 3.8) is 0 Å². The summed E-state index contributed by atoms with van der Waals surface area (Å²) in [6.07, 6.45) is 3.48. The SMILES string of the molecule is Cc1ccnc(N=Cc2ccc(C#N)cc2)c1. The number of benzene rings is 1. The molecule has 0 aliphatic carbocycles. The molecule has 0 atom stereocenters. The van der Waals surface area contributed by atoms with Gasteiger partial charge in [0.15, 0.2) is 5.82 Å². The molecule has 0 saturated carbocycles. The molecule has 1 heterocycles. The predicted molar refractivity (Wildman–Crippen MR) is 67.4 cm³/mol. The van der Waals surface area contributed by atoms with E-state index in [0.29, 0.717) is 11.4 Å². The molecule has 17 heavy (non-hydrogen) atoms. The molecule has 2 aromatic rings. The summed E-state index contributed by atoms with van der Waals surface area (Å²) >= 11 is 0. The average molecular weight is 221 g/mol. The van der Waals surface area contributed by atoms with Crippen LogP contribution in [0.25, 0.3) is 0 Å². The van der Waals surface area contributed by atoms with Gasteiger partial charge in [-0.2, -0.15) is 5.26 Å². The minimum absolute atomic E-state index is 0.649. The van der Waals surface area contributed by atoms with Gasteiger partial charge in [-0.25, -0.2) is 9.98 Å². The van der Waals surface area contributed by atoms with Crippen LogP contribution in [0.2, 0.25) is 0 Å². The maximum absolute atomic E-state index is 8.67. The molecule has 0 aliphatic rings. The molecule has 1 aromatic carbocycles. The summed E-state index contributed by atoms with van der Waals surface area (Å²) in [6, 6.07) is 13.2. The van der Waals surface area contributed by atoms with Crippen LogP contribution >= 0.6 is 0 Å². The highest BCUT2D eigenvalue weighted by molar-refractivity contribution is 5.81. The predicted octanol–water partition coefficient (Wildman–Crippen LogP) is 3.01. The molecule has 1 aromatic heterocycles. The highest BCUT2D eigenvalue weighted by Crippen LogP contribution is 2.09. The Labute approximate surface area is 100 Å². The smallest absolute Gasteiger partial charge is 0.151 e. The maximum Gasteiger partial charge on any atom is 0.151 e. The van der Waals surface area contributed by atoms with Crippen LogP contribution in [0.1, 0.15) is 16.7 Å². The molecule has 0 saturated heterocycles. The van der Waals surface area contributed by atoms with Gasteiger partial charge in [-0.1, -0.05) is 12.1 Å².